The van der Waals surface area contributed by atoms with Crippen molar-refractivity contribution in [2.45, 2.75) is 38.0 Å². The van der Waals surface area contributed by atoms with Gasteiger partial charge in [-0.05, 0) is 61.6 Å². The summed E-state index contributed by atoms with van der Waals surface area (Å²) in [6, 6.07) is 14.3. The monoisotopic (exact) mass is 438 g/mol. The molecule has 3 aromatic heterocycles. The molecule has 0 atom stereocenters. The van der Waals surface area contributed by atoms with Crippen LogP contribution >= 0.6 is 0 Å². The van der Waals surface area contributed by atoms with Crippen LogP contribution in [0.15, 0.2) is 54.7 Å². The molecule has 0 aliphatic carbocycles. The van der Waals surface area contributed by atoms with Crippen LogP contribution in [0, 0.1) is 0 Å². The molecule has 3 N–H and O–H groups in total. The van der Waals surface area contributed by atoms with Crippen LogP contribution in [-0.2, 0) is 18.8 Å². The molecule has 4 rings (SSSR count). The molecular formula is C24H28F2N6. The highest BCUT2D eigenvalue weighted by Gasteiger charge is 2.32. The molecule has 0 radical (unpaired) electrons. The number of aryl methyl sites for hydroxylation is 2. The van der Waals surface area contributed by atoms with Crippen LogP contribution in [0.5, 0.6) is 0 Å². The van der Waals surface area contributed by atoms with Gasteiger partial charge in [0.1, 0.15) is 23.1 Å². The van der Waals surface area contributed by atoms with E-state index in [1.165, 1.54) is 17.8 Å². The van der Waals surface area contributed by atoms with Crippen LogP contribution < -0.4 is 16.0 Å². The number of hydrogen-bond acceptors (Lipinski definition) is 6. The molecule has 0 aromatic carbocycles. The lowest BCUT2D eigenvalue weighted by Crippen LogP contribution is -2.20. The fourth-order valence-electron chi connectivity index (χ4n) is 3.68. The van der Waals surface area contributed by atoms with Crippen molar-refractivity contribution >= 4 is 17.5 Å². The normalized spacial score (nSPS) is 13.2. The predicted octanol–water partition coefficient (Wildman–Crippen LogP) is 4.87. The van der Waals surface area contributed by atoms with Crippen molar-refractivity contribution in [1.82, 2.24) is 15.0 Å². The van der Waals surface area contributed by atoms with Gasteiger partial charge in [0, 0.05) is 37.9 Å². The summed E-state index contributed by atoms with van der Waals surface area (Å²) in [7, 11) is 0. The minimum atomic E-state index is -2.98. The summed E-state index contributed by atoms with van der Waals surface area (Å²) >= 11 is 0. The zero-order valence-corrected chi connectivity index (χ0v) is 18.0. The molecule has 0 bridgehead atoms. The zero-order valence-electron chi connectivity index (χ0n) is 18.0. The first-order valence-corrected chi connectivity index (χ1v) is 11.1. The number of nitrogens with one attached hydrogen (secondary N) is 3. The molecule has 168 valence electrons. The van der Waals surface area contributed by atoms with Crippen LogP contribution in [0.4, 0.5) is 26.2 Å². The number of nitrogens with zero attached hydrogens (tertiary/aromatic N) is 3. The lowest BCUT2D eigenvalue weighted by Gasteiger charge is -2.17. The van der Waals surface area contributed by atoms with E-state index < -0.39 is 5.92 Å². The van der Waals surface area contributed by atoms with Crippen LogP contribution in [0.2, 0.25) is 0 Å². The Morgan fingerprint density at radius 1 is 0.938 bits per heavy atom. The number of pyridine rings is 3. The summed E-state index contributed by atoms with van der Waals surface area (Å²) in [5.41, 5.74) is 2.16. The molecule has 0 amide bonds. The van der Waals surface area contributed by atoms with Crippen molar-refractivity contribution in [1.29, 1.82) is 0 Å². The maximum Gasteiger partial charge on any atom is 0.291 e. The largest absolute Gasteiger partial charge is 0.370 e. The second-order valence-corrected chi connectivity index (χ2v) is 7.88. The molecule has 0 spiro atoms. The lowest BCUT2D eigenvalue weighted by molar-refractivity contribution is -0.0141. The molecule has 8 heteroatoms. The Balaban J connectivity index is 1.21. The van der Waals surface area contributed by atoms with Crippen LogP contribution in [0.3, 0.4) is 0 Å². The Morgan fingerprint density at radius 3 is 2.59 bits per heavy atom. The van der Waals surface area contributed by atoms with Gasteiger partial charge < -0.3 is 16.0 Å². The lowest BCUT2D eigenvalue weighted by atomic mass is 10.1. The summed E-state index contributed by atoms with van der Waals surface area (Å²) in [6.07, 6.45) is 5.07. The molecule has 0 saturated carbocycles. The van der Waals surface area contributed by atoms with Gasteiger partial charge in [-0.15, -0.1) is 0 Å². The van der Waals surface area contributed by atoms with Gasteiger partial charge in [-0.1, -0.05) is 18.2 Å². The molecule has 32 heavy (non-hydrogen) atoms. The van der Waals surface area contributed by atoms with E-state index in [0.29, 0.717) is 11.6 Å². The number of halogens is 2. The van der Waals surface area contributed by atoms with Gasteiger partial charge in [-0.2, -0.15) is 8.78 Å². The minimum Gasteiger partial charge on any atom is -0.370 e. The highest BCUT2D eigenvalue weighted by Crippen LogP contribution is 2.29. The first kappa shape index (κ1) is 21.9. The van der Waals surface area contributed by atoms with Crippen molar-refractivity contribution in [3.8, 4) is 0 Å². The second-order valence-electron chi connectivity index (χ2n) is 7.88. The smallest absolute Gasteiger partial charge is 0.291 e. The van der Waals surface area contributed by atoms with Crippen molar-refractivity contribution in [2.75, 3.05) is 35.6 Å². The molecule has 1 aliphatic rings. The first-order valence-electron chi connectivity index (χ1n) is 11.1. The topological polar surface area (TPSA) is 74.8 Å². The highest BCUT2D eigenvalue weighted by atomic mass is 19.3. The molecule has 3 aromatic rings. The molecule has 0 saturated heterocycles. The number of fused-ring (bicyclic) bond motifs is 1. The van der Waals surface area contributed by atoms with Gasteiger partial charge in [-0.25, -0.2) is 9.97 Å². The van der Waals surface area contributed by atoms with Crippen molar-refractivity contribution < 1.29 is 8.78 Å². The Morgan fingerprint density at radius 2 is 1.78 bits per heavy atom. The third-order valence-corrected chi connectivity index (χ3v) is 5.40. The average Bonchev–Trinajstić information content (AvgIpc) is 2.82. The van der Waals surface area contributed by atoms with Crippen LogP contribution in [0.25, 0.3) is 0 Å². The Labute approximate surface area is 186 Å². The Kier molecular flexibility index (Phi) is 7.09. The molecule has 0 fully saturated rings. The van der Waals surface area contributed by atoms with E-state index in [0.717, 1.165) is 50.3 Å². The fourth-order valence-corrected chi connectivity index (χ4v) is 3.68. The van der Waals surface area contributed by atoms with Gasteiger partial charge in [-0.3, -0.25) is 4.98 Å². The molecule has 4 heterocycles. The highest BCUT2D eigenvalue weighted by molar-refractivity contribution is 5.47. The molecule has 1 aliphatic heterocycles. The summed E-state index contributed by atoms with van der Waals surface area (Å²) < 4.78 is 28.5. The van der Waals surface area contributed by atoms with Gasteiger partial charge in [0.2, 0.25) is 0 Å². The maximum atomic E-state index is 14.2. The number of alkyl halides is 2. The SMILES string of the molecule is FC(F)(CCNc1cccc(NCCCc2ccc3c(n2)NCCC3)n1)c1ccccn1. The van der Waals surface area contributed by atoms with E-state index in [-0.39, 0.29) is 18.7 Å². The van der Waals surface area contributed by atoms with Crippen LogP contribution in [-0.4, -0.2) is 34.6 Å². The second kappa shape index (κ2) is 10.3. The molecular weight excluding hydrogens is 410 g/mol. The van der Waals surface area contributed by atoms with Gasteiger partial charge in [0.25, 0.3) is 5.92 Å². The number of hydrogen-bond donors (Lipinski definition) is 3. The van der Waals surface area contributed by atoms with Gasteiger partial charge in [0.05, 0.1) is 0 Å². The maximum absolute atomic E-state index is 14.2. The average molecular weight is 439 g/mol. The molecule has 0 unspecified atom stereocenters. The third-order valence-electron chi connectivity index (χ3n) is 5.40. The third kappa shape index (κ3) is 5.90. The van der Waals surface area contributed by atoms with Gasteiger partial charge in [0.15, 0.2) is 0 Å². The van der Waals surface area contributed by atoms with Crippen molar-refractivity contribution in [2.24, 2.45) is 0 Å². The van der Waals surface area contributed by atoms with E-state index in [9.17, 15) is 8.78 Å². The summed E-state index contributed by atoms with van der Waals surface area (Å²) in [5, 5.41) is 9.64. The summed E-state index contributed by atoms with van der Waals surface area (Å²) in [5.74, 6) is -0.679. The minimum absolute atomic E-state index is 0.0953. The molecule has 6 nitrogen and oxygen atoms in total. The quantitative estimate of drug-likeness (QED) is 0.392. The van der Waals surface area contributed by atoms with E-state index in [1.54, 1.807) is 18.2 Å². The zero-order chi connectivity index (χ0) is 22.2. The Hall–Kier alpha value is -3.29. The van der Waals surface area contributed by atoms with Crippen molar-refractivity contribution in [3.63, 3.8) is 0 Å². The number of rotatable bonds is 10. The fraction of sp³-hybridized carbons (Fsp3) is 0.375. The Bertz CT molecular complexity index is 1010. The number of anilines is 3. The summed E-state index contributed by atoms with van der Waals surface area (Å²) in [4.78, 5) is 12.9. The number of aromatic nitrogens is 3. The standard InChI is InChI=1S/C24H28F2N6/c25-24(26,20-8-1-2-14-27-20)13-17-29-22-10-3-9-21(32-22)28-15-5-7-19-12-11-18-6-4-16-30-23(18)31-19/h1-3,8-12,14H,4-7,13,15-17H2,(H,30,31)(H2,28,29,32). The van der Waals surface area contributed by atoms with Crippen molar-refractivity contribution in [3.05, 3.63) is 71.7 Å². The van der Waals surface area contributed by atoms with E-state index in [2.05, 4.69) is 38.1 Å². The van der Waals surface area contributed by atoms with E-state index in [1.807, 2.05) is 12.1 Å². The van der Waals surface area contributed by atoms with Gasteiger partial charge >= 0.3 is 0 Å². The summed E-state index contributed by atoms with van der Waals surface area (Å²) in [6.45, 7) is 1.83. The first-order chi connectivity index (χ1) is 15.6. The predicted molar refractivity (Wildman–Crippen MR) is 123 cm³/mol. The van der Waals surface area contributed by atoms with E-state index in [4.69, 9.17) is 4.98 Å². The van der Waals surface area contributed by atoms with E-state index >= 15 is 0 Å². The van der Waals surface area contributed by atoms with Crippen LogP contribution in [0.1, 0.15) is 36.2 Å².